The molecule has 2 aromatic rings. The number of benzene rings is 1. The Bertz CT molecular complexity index is 662. The van der Waals surface area contributed by atoms with Gasteiger partial charge in [0.1, 0.15) is 0 Å². The standard InChI is InChI=1S/C14H12N2O4/c1-9(15-16-14(17)12-3-2-6-18-12)10-4-5-11-13(7-10)20-8-19-11/h2-7H,8H2,1H3,(H,16,17)/b15-9+. The molecule has 3 rings (SSSR count). The molecular weight excluding hydrogens is 260 g/mol. The molecule has 0 fully saturated rings. The van der Waals surface area contributed by atoms with Crippen molar-refractivity contribution >= 4 is 11.6 Å². The predicted octanol–water partition coefficient (Wildman–Crippen LogP) is 2.16. The zero-order valence-corrected chi connectivity index (χ0v) is 10.8. The first-order chi connectivity index (χ1) is 9.74. The number of hydrazone groups is 1. The molecule has 0 radical (unpaired) electrons. The van der Waals surface area contributed by atoms with Crippen LogP contribution < -0.4 is 14.9 Å². The maximum absolute atomic E-state index is 11.7. The molecular formula is C14H12N2O4. The molecule has 0 saturated carbocycles. The van der Waals surface area contributed by atoms with Crippen LogP contribution in [0.5, 0.6) is 11.5 Å². The number of carbonyl (C=O) groups excluding carboxylic acids is 1. The summed E-state index contributed by atoms with van der Waals surface area (Å²) in [5.41, 5.74) is 3.93. The van der Waals surface area contributed by atoms with Crippen molar-refractivity contribution in [1.82, 2.24) is 5.43 Å². The molecule has 2 heterocycles. The number of hydrogen-bond acceptors (Lipinski definition) is 5. The minimum Gasteiger partial charge on any atom is -0.459 e. The number of nitrogens with one attached hydrogen (secondary N) is 1. The van der Waals surface area contributed by atoms with Gasteiger partial charge in [-0.15, -0.1) is 0 Å². The third-order valence-corrected chi connectivity index (χ3v) is 2.86. The highest BCUT2D eigenvalue weighted by Crippen LogP contribution is 2.32. The van der Waals surface area contributed by atoms with Gasteiger partial charge in [-0.1, -0.05) is 0 Å². The number of rotatable bonds is 3. The Kier molecular flexibility index (Phi) is 3.12. The highest BCUT2D eigenvalue weighted by atomic mass is 16.7. The quantitative estimate of drug-likeness (QED) is 0.686. The lowest BCUT2D eigenvalue weighted by atomic mass is 10.1. The molecule has 1 aliphatic rings. The van der Waals surface area contributed by atoms with Gasteiger partial charge in [0, 0.05) is 5.56 Å². The molecule has 102 valence electrons. The zero-order chi connectivity index (χ0) is 13.9. The van der Waals surface area contributed by atoms with E-state index in [1.54, 1.807) is 19.1 Å². The SMILES string of the molecule is C/C(=N\NC(=O)c1ccco1)c1ccc2c(c1)OCO2. The fourth-order valence-electron chi connectivity index (χ4n) is 1.78. The molecule has 6 heteroatoms. The van der Waals surface area contributed by atoms with Crippen molar-refractivity contribution in [3.05, 3.63) is 47.9 Å². The van der Waals surface area contributed by atoms with E-state index in [0.717, 1.165) is 5.56 Å². The van der Waals surface area contributed by atoms with Crippen molar-refractivity contribution in [3.63, 3.8) is 0 Å². The summed E-state index contributed by atoms with van der Waals surface area (Å²) < 4.78 is 15.5. The highest BCUT2D eigenvalue weighted by Gasteiger charge is 2.14. The van der Waals surface area contributed by atoms with Crippen molar-refractivity contribution < 1.29 is 18.7 Å². The minimum absolute atomic E-state index is 0.215. The first-order valence-electron chi connectivity index (χ1n) is 6.02. The number of carbonyl (C=O) groups is 1. The van der Waals surface area contributed by atoms with Crippen LogP contribution in [0.2, 0.25) is 0 Å². The van der Waals surface area contributed by atoms with Crippen LogP contribution >= 0.6 is 0 Å². The summed E-state index contributed by atoms with van der Waals surface area (Å²) in [4.78, 5) is 11.7. The Morgan fingerprint density at radius 2 is 2.10 bits per heavy atom. The maximum Gasteiger partial charge on any atom is 0.307 e. The van der Waals surface area contributed by atoms with Gasteiger partial charge in [-0.2, -0.15) is 5.10 Å². The van der Waals surface area contributed by atoms with Crippen molar-refractivity contribution in [2.75, 3.05) is 6.79 Å². The van der Waals surface area contributed by atoms with Gasteiger partial charge >= 0.3 is 5.91 Å². The van der Waals surface area contributed by atoms with E-state index < -0.39 is 5.91 Å². The van der Waals surface area contributed by atoms with Crippen LogP contribution in [-0.2, 0) is 0 Å². The van der Waals surface area contributed by atoms with Gasteiger partial charge in [-0.3, -0.25) is 4.79 Å². The van der Waals surface area contributed by atoms with E-state index >= 15 is 0 Å². The van der Waals surface area contributed by atoms with Gasteiger partial charge < -0.3 is 13.9 Å². The van der Waals surface area contributed by atoms with E-state index in [0.29, 0.717) is 17.2 Å². The van der Waals surface area contributed by atoms with Gasteiger partial charge in [0.15, 0.2) is 17.3 Å². The van der Waals surface area contributed by atoms with E-state index in [2.05, 4.69) is 10.5 Å². The highest BCUT2D eigenvalue weighted by molar-refractivity contribution is 6.00. The third kappa shape index (κ3) is 2.35. The molecule has 6 nitrogen and oxygen atoms in total. The lowest BCUT2D eigenvalue weighted by molar-refractivity contribution is 0.0927. The van der Waals surface area contributed by atoms with Gasteiger partial charge in [0.05, 0.1) is 12.0 Å². The molecule has 1 aromatic heterocycles. The molecule has 0 spiro atoms. The van der Waals surface area contributed by atoms with Crippen molar-refractivity contribution in [3.8, 4) is 11.5 Å². The van der Waals surface area contributed by atoms with E-state index in [1.807, 2.05) is 18.2 Å². The minimum atomic E-state index is -0.393. The topological polar surface area (TPSA) is 73.1 Å². The lowest BCUT2D eigenvalue weighted by Crippen LogP contribution is -2.18. The predicted molar refractivity (Wildman–Crippen MR) is 71.0 cm³/mol. The van der Waals surface area contributed by atoms with Gasteiger partial charge in [-0.25, -0.2) is 5.43 Å². The Labute approximate surface area is 115 Å². The van der Waals surface area contributed by atoms with Crippen LogP contribution in [0.3, 0.4) is 0 Å². The number of fused-ring (bicyclic) bond motifs is 1. The molecule has 1 aromatic carbocycles. The van der Waals surface area contributed by atoms with Gasteiger partial charge in [-0.05, 0) is 37.3 Å². The van der Waals surface area contributed by atoms with Crippen LogP contribution in [-0.4, -0.2) is 18.4 Å². The van der Waals surface area contributed by atoms with Gasteiger partial charge in [0.25, 0.3) is 0 Å². The lowest BCUT2D eigenvalue weighted by Gasteiger charge is -2.03. The van der Waals surface area contributed by atoms with Gasteiger partial charge in [0.2, 0.25) is 6.79 Å². The first kappa shape index (κ1) is 12.3. The third-order valence-electron chi connectivity index (χ3n) is 2.86. The Balaban J connectivity index is 1.73. The maximum atomic E-state index is 11.7. The number of amides is 1. The molecule has 0 saturated heterocycles. The second-order valence-corrected chi connectivity index (χ2v) is 4.18. The fraction of sp³-hybridized carbons (Fsp3) is 0.143. The average Bonchev–Trinajstić information content (AvgIpc) is 3.13. The zero-order valence-electron chi connectivity index (χ0n) is 10.8. The summed E-state index contributed by atoms with van der Waals surface area (Å²) in [6.45, 7) is 2.02. The molecule has 1 aliphatic heterocycles. The van der Waals surface area contributed by atoms with E-state index in [-0.39, 0.29) is 12.6 Å². The average molecular weight is 272 g/mol. The molecule has 20 heavy (non-hydrogen) atoms. The number of nitrogens with zero attached hydrogens (tertiary/aromatic N) is 1. The largest absolute Gasteiger partial charge is 0.459 e. The summed E-state index contributed by atoms with van der Waals surface area (Å²) in [5.74, 6) is 1.21. The summed E-state index contributed by atoms with van der Waals surface area (Å²) in [7, 11) is 0. The summed E-state index contributed by atoms with van der Waals surface area (Å²) in [6.07, 6.45) is 1.43. The molecule has 0 aliphatic carbocycles. The molecule has 0 bridgehead atoms. The van der Waals surface area contributed by atoms with Crippen LogP contribution in [0.1, 0.15) is 23.0 Å². The van der Waals surface area contributed by atoms with Crippen LogP contribution in [0.25, 0.3) is 0 Å². The molecule has 0 atom stereocenters. The molecule has 0 unspecified atom stereocenters. The van der Waals surface area contributed by atoms with Crippen LogP contribution in [0, 0.1) is 0 Å². The second kappa shape index (κ2) is 5.08. The smallest absolute Gasteiger partial charge is 0.307 e. The summed E-state index contributed by atoms with van der Waals surface area (Å²) in [6, 6.07) is 8.70. The van der Waals surface area contributed by atoms with Crippen LogP contribution in [0.4, 0.5) is 0 Å². The Morgan fingerprint density at radius 3 is 2.90 bits per heavy atom. The monoisotopic (exact) mass is 272 g/mol. The van der Waals surface area contributed by atoms with Crippen molar-refractivity contribution in [2.45, 2.75) is 6.92 Å². The number of furan rings is 1. The number of hydrogen-bond donors (Lipinski definition) is 1. The normalized spacial score (nSPS) is 13.3. The first-order valence-corrected chi connectivity index (χ1v) is 6.02. The van der Waals surface area contributed by atoms with Crippen molar-refractivity contribution in [2.24, 2.45) is 5.10 Å². The Morgan fingerprint density at radius 1 is 1.25 bits per heavy atom. The van der Waals surface area contributed by atoms with Crippen LogP contribution in [0.15, 0.2) is 46.1 Å². The summed E-state index contributed by atoms with van der Waals surface area (Å²) in [5, 5.41) is 4.04. The van der Waals surface area contributed by atoms with E-state index in [1.165, 1.54) is 6.26 Å². The van der Waals surface area contributed by atoms with E-state index in [9.17, 15) is 4.79 Å². The molecule has 1 N–H and O–H groups in total. The Hall–Kier alpha value is -2.76. The summed E-state index contributed by atoms with van der Waals surface area (Å²) >= 11 is 0. The van der Waals surface area contributed by atoms with E-state index in [4.69, 9.17) is 13.9 Å². The molecule has 1 amide bonds. The fourth-order valence-corrected chi connectivity index (χ4v) is 1.78. The van der Waals surface area contributed by atoms with Crippen molar-refractivity contribution in [1.29, 1.82) is 0 Å². The number of ether oxygens (including phenoxy) is 2. The second-order valence-electron chi connectivity index (χ2n) is 4.18.